The van der Waals surface area contributed by atoms with Gasteiger partial charge in [0, 0.05) is 29.7 Å². The minimum Gasteiger partial charge on any atom is -0.478 e. The second-order valence-corrected chi connectivity index (χ2v) is 6.42. The van der Waals surface area contributed by atoms with Gasteiger partial charge in [-0.05, 0) is 37.1 Å². The van der Waals surface area contributed by atoms with Crippen LogP contribution in [0.2, 0.25) is 0 Å². The summed E-state index contributed by atoms with van der Waals surface area (Å²) in [6.45, 7) is 5.36. The number of benzene rings is 1. The molecule has 1 aromatic carbocycles. The zero-order valence-electron chi connectivity index (χ0n) is 11.9. The van der Waals surface area contributed by atoms with Crippen LogP contribution >= 0.6 is 0 Å². The Bertz CT molecular complexity index is 509. The van der Waals surface area contributed by atoms with E-state index in [1.165, 1.54) is 6.42 Å². The van der Waals surface area contributed by atoms with E-state index in [1.54, 1.807) is 12.1 Å². The molecule has 0 radical (unpaired) electrons. The Kier molecular flexibility index (Phi) is 3.21. The third-order valence-electron chi connectivity index (χ3n) is 4.79. The summed E-state index contributed by atoms with van der Waals surface area (Å²) >= 11 is 0. The quantitative estimate of drug-likeness (QED) is 0.890. The van der Waals surface area contributed by atoms with Gasteiger partial charge in [-0.15, -0.1) is 0 Å². The molecule has 1 saturated heterocycles. The number of aromatic carboxylic acids is 1. The first kappa shape index (κ1) is 13.4. The number of carbonyl (C=O) groups is 1. The minimum absolute atomic E-state index is 0.122. The minimum atomic E-state index is -0.888. The lowest BCUT2D eigenvalue weighted by atomic mass is 9.55. The van der Waals surface area contributed by atoms with Crippen molar-refractivity contribution in [1.29, 1.82) is 0 Å². The van der Waals surface area contributed by atoms with E-state index < -0.39 is 5.97 Å². The number of fused-ring (bicyclic) bond motifs is 1. The molecule has 3 unspecified atom stereocenters. The van der Waals surface area contributed by atoms with E-state index in [0.29, 0.717) is 23.6 Å². The SMILES string of the molecule is CC1(C)C(Nc2ccc(C(=O)O)cc2)C2CCCOC21. The maximum absolute atomic E-state index is 10.9. The summed E-state index contributed by atoms with van der Waals surface area (Å²) in [4.78, 5) is 10.9. The molecule has 0 aromatic heterocycles. The zero-order chi connectivity index (χ0) is 14.3. The average Bonchev–Trinajstić information content (AvgIpc) is 2.45. The number of hydrogen-bond donors (Lipinski definition) is 2. The highest BCUT2D eigenvalue weighted by atomic mass is 16.5. The van der Waals surface area contributed by atoms with Crippen LogP contribution < -0.4 is 5.32 Å². The molecule has 1 heterocycles. The predicted octanol–water partition coefficient (Wildman–Crippen LogP) is 3.00. The highest BCUT2D eigenvalue weighted by Crippen LogP contribution is 2.52. The lowest BCUT2D eigenvalue weighted by Gasteiger charge is -2.60. The van der Waals surface area contributed by atoms with Gasteiger partial charge in [-0.2, -0.15) is 0 Å². The Hall–Kier alpha value is -1.55. The molecule has 2 fully saturated rings. The molecule has 3 rings (SSSR count). The normalized spacial score (nSPS) is 31.0. The summed E-state index contributed by atoms with van der Waals surface area (Å²) in [6, 6.07) is 7.37. The largest absolute Gasteiger partial charge is 0.478 e. The van der Waals surface area contributed by atoms with Crippen LogP contribution in [-0.4, -0.2) is 29.8 Å². The van der Waals surface area contributed by atoms with Crippen molar-refractivity contribution < 1.29 is 14.6 Å². The van der Waals surface area contributed by atoms with Gasteiger partial charge in [-0.1, -0.05) is 13.8 Å². The van der Waals surface area contributed by atoms with E-state index in [9.17, 15) is 4.79 Å². The summed E-state index contributed by atoms with van der Waals surface area (Å²) in [6.07, 6.45) is 2.69. The fraction of sp³-hybridized carbons (Fsp3) is 0.562. The van der Waals surface area contributed by atoms with Gasteiger partial charge >= 0.3 is 5.97 Å². The number of rotatable bonds is 3. The van der Waals surface area contributed by atoms with E-state index in [-0.39, 0.29) is 5.41 Å². The number of anilines is 1. The van der Waals surface area contributed by atoms with E-state index in [1.807, 2.05) is 12.1 Å². The van der Waals surface area contributed by atoms with Crippen molar-refractivity contribution >= 4 is 11.7 Å². The van der Waals surface area contributed by atoms with Crippen molar-refractivity contribution in [3.63, 3.8) is 0 Å². The van der Waals surface area contributed by atoms with Crippen LogP contribution in [0.1, 0.15) is 37.0 Å². The standard InChI is InChI=1S/C16H21NO3/c1-16(2)13(12-4-3-9-20-14(12)16)17-11-7-5-10(6-8-11)15(18)19/h5-8,12-14,17H,3-4,9H2,1-2H3,(H,18,19). The Morgan fingerprint density at radius 1 is 1.35 bits per heavy atom. The van der Waals surface area contributed by atoms with Crippen molar-refractivity contribution in [3.8, 4) is 0 Å². The monoisotopic (exact) mass is 275 g/mol. The average molecular weight is 275 g/mol. The molecule has 0 bridgehead atoms. The number of carboxylic acid groups (broad SMARTS) is 1. The highest BCUT2D eigenvalue weighted by molar-refractivity contribution is 5.88. The summed E-state index contributed by atoms with van der Waals surface area (Å²) in [5.41, 5.74) is 1.43. The molecule has 0 amide bonds. The van der Waals surface area contributed by atoms with Gasteiger partial charge in [-0.25, -0.2) is 4.79 Å². The summed E-state index contributed by atoms with van der Waals surface area (Å²) < 4.78 is 5.89. The maximum atomic E-state index is 10.9. The van der Waals surface area contributed by atoms with Gasteiger partial charge in [0.15, 0.2) is 0 Å². The second kappa shape index (κ2) is 4.77. The number of hydrogen-bond acceptors (Lipinski definition) is 3. The Morgan fingerprint density at radius 2 is 2.05 bits per heavy atom. The van der Waals surface area contributed by atoms with Crippen molar-refractivity contribution in [3.05, 3.63) is 29.8 Å². The van der Waals surface area contributed by atoms with Crippen LogP contribution in [0.5, 0.6) is 0 Å². The molecule has 4 nitrogen and oxygen atoms in total. The zero-order valence-corrected chi connectivity index (χ0v) is 11.9. The van der Waals surface area contributed by atoms with Gasteiger partial charge in [0.05, 0.1) is 11.7 Å². The lowest BCUT2D eigenvalue weighted by Crippen LogP contribution is -2.67. The van der Waals surface area contributed by atoms with E-state index in [0.717, 1.165) is 18.7 Å². The molecular weight excluding hydrogens is 254 g/mol. The van der Waals surface area contributed by atoms with Crippen molar-refractivity contribution in [1.82, 2.24) is 0 Å². The van der Waals surface area contributed by atoms with Gasteiger partial charge in [-0.3, -0.25) is 0 Å². The van der Waals surface area contributed by atoms with E-state index in [2.05, 4.69) is 19.2 Å². The molecule has 2 N–H and O–H groups in total. The summed E-state index contributed by atoms with van der Waals surface area (Å²) in [5.74, 6) is -0.320. The van der Waals surface area contributed by atoms with Crippen molar-refractivity contribution in [2.75, 3.05) is 11.9 Å². The fourth-order valence-corrected chi connectivity index (χ4v) is 3.70. The topological polar surface area (TPSA) is 58.6 Å². The van der Waals surface area contributed by atoms with Gasteiger partial charge < -0.3 is 15.2 Å². The molecule has 108 valence electrons. The molecule has 0 spiro atoms. The molecular formula is C16H21NO3. The molecule has 1 aliphatic carbocycles. The molecule has 2 aliphatic rings. The number of carboxylic acids is 1. The first-order valence-corrected chi connectivity index (χ1v) is 7.21. The van der Waals surface area contributed by atoms with Gasteiger partial charge in [0.25, 0.3) is 0 Å². The maximum Gasteiger partial charge on any atom is 0.335 e. The van der Waals surface area contributed by atoms with Gasteiger partial charge in [0.1, 0.15) is 0 Å². The number of ether oxygens (including phenoxy) is 1. The van der Waals surface area contributed by atoms with Crippen LogP contribution in [0.3, 0.4) is 0 Å². The highest BCUT2D eigenvalue weighted by Gasteiger charge is 2.57. The third kappa shape index (κ3) is 2.08. The number of nitrogens with one attached hydrogen (secondary N) is 1. The summed E-state index contributed by atoms with van der Waals surface area (Å²) in [7, 11) is 0. The Balaban J connectivity index is 1.72. The van der Waals surface area contributed by atoms with E-state index in [4.69, 9.17) is 9.84 Å². The fourth-order valence-electron chi connectivity index (χ4n) is 3.70. The van der Waals surface area contributed by atoms with Crippen LogP contribution in [0.4, 0.5) is 5.69 Å². The van der Waals surface area contributed by atoms with Crippen LogP contribution in [0, 0.1) is 11.3 Å². The second-order valence-electron chi connectivity index (χ2n) is 6.42. The molecule has 1 aliphatic heterocycles. The van der Waals surface area contributed by atoms with Crippen LogP contribution in [0.25, 0.3) is 0 Å². The molecule has 20 heavy (non-hydrogen) atoms. The smallest absolute Gasteiger partial charge is 0.335 e. The summed E-state index contributed by atoms with van der Waals surface area (Å²) in [5, 5.41) is 12.5. The molecule has 1 saturated carbocycles. The van der Waals surface area contributed by atoms with Gasteiger partial charge in [0.2, 0.25) is 0 Å². The molecule has 4 heteroatoms. The first-order chi connectivity index (χ1) is 9.50. The first-order valence-electron chi connectivity index (χ1n) is 7.21. The van der Waals surface area contributed by atoms with Crippen LogP contribution in [-0.2, 0) is 4.74 Å². The van der Waals surface area contributed by atoms with Crippen LogP contribution in [0.15, 0.2) is 24.3 Å². The Morgan fingerprint density at radius 3 is 2.70 bits per heavy atom. The Labute approximate surface area is 119 Å². The van der Waals surface area contributed by atoms with Crippen molar-refractivity contribution in [2.24, 2.45) is 11.3 Å². The predicted molar refractivity (Wildman–Crippen MR) is 77.1 cm³/mol. The lowest BCUT2D eigenvalue weighted by molar-refractivity contribution is -0.177. The van der Waals surface area contributed by atoms with E-state index >= 15 is 0 Å². The third-order valence-corrected chi connectivity index (χ3v) is 4.79. The molecule has 3 atom stereocenters. The molecule has 1 aromatic rings. The van der Waals surface area contributed by atoms with Crippen molar-refractivity contribution in [2.45, 2.75) is 38.8 Å².